The Labute approximate surface area is 259 Å². The van der Waals surface area contributed by atoms with Crippen molar-refractivity contribution < 1.29 is 0 Å². The van der Waals surface area contributed by atoms with Crippen LogP contribution in [-0.4, -0.2) is 0 Å². The van der Waals surface area contributed by atoms with Crippen molar-refractivity contribution in [3.63, 3.8) is 0 Å². The van der Waals surface area contributed by atoms with Gasteiger partial charge in [-0.3, -0.25) is 0 Å². The van der Waals surface area contributed by atoms with Crippen molar-refractivity contribution >= 4 is 80.9 Å². The van der Waals surface area contributed by atoms with Gasteiger partial charge in [0.15, 0.2) is 0 Å². The molecular formula is C42H27NS. The first kappa shape index (κ1) is 25.1. The number of fused-ring (bicyclic) bond motifs is 9. The largest absolute Gasteiger partial charge is 0.310 e. The van der Waals surface area contributed by atoms with Crippen LogP contribution in [0.2, 0.25) is 0 Å². The van der Waals surface area contributed by atoms with E-state index in [1.54, 1.807) is 0 Å². The molecule has 0 atom stereocenters. The molecule has 0 N–H and O–H groups in total. The van der Waals surface area contributed by atoms with Gasteiger partial charge in [0, 0.05) is 37.2 Å². The molecule has 0 saturated heterocycles. The predicted octanol–water partition coefficient (Wildman–Crippen LogP) is 12.7. The van der Waals surface area contributed by atoms with Gasteiger partial charge in [-0.2, -0.15) is 0 Å². The van der Waals surface area contributed by atoms with Crippen molar-refractivity contribution in [2.75, 3.05) is 4.90 Å². The Bertz CT molecular complexity index is 2480. The summed E-state index contributed by atoms with van der Waals surface area (Å²) in [6.07, 6.45) is 0. The maximum absolute atomic E-state index is 2.35. The third-order valence-electron chi connectivity index (χ3n) is 8.82. The molecule has 9 aromatic rings. The van der Waals surface area contributed by atoms with Gasteiger partial charge < -0.3 is 4.90 Å². The molecule has 0 radical (unpaired) electrons. The number of benzene rings is 8. The highest BCUT2D eigenvalue weighted by atomic mass is 32.1. The first-order chi connectivity index (χ1) is 21.8. The smallest absolute Gasteiger partial charge is 0.0468 e. The average Bonchev–Trinajstić information content (AvgIpc) is 3.48. The number of thiophene rings is 1. The van der Waals surface area contributed by atoms with Crippen LogP contribution in [0.25, 0.3) is 63.6 Å². The molecule has 0 aliphatic rings. The lowest BCUT2D eigenvalue weighted by atomic mass is 9.94. The van der Waals surface area contributed by atoms with Crippen LogP contribution >= 0.6 is 11.3 Å². The van der Waals surface area contributed by atoms with Gasteiger partial charge in [0.2, 0.25) is 0 Å². The molecule has 9 rings (SSSR count). The molecule has 44 heavy (non-hydrogen) atoms. The molecule has 0 bridgehead atoms. The van der Waals surface area contributed by atoms with E-state index in [2.05, 4.69) is 169 Å². The quantitative estimate of drug-likeness (QED) is 0.188. The lowest BCUT2D eigenvalue weighted by Gasteiger charge is -2.26. The summed E-state index contributed by atoms with van der Waals surface area (Å²) in [5.41, 5.74) is 5.85. The van der Waals surface area contributed by atoms with Crippen LogP contribution in [0.15, 0.2) is 164 Å². The van der Waals surface area contributed by atoms with E-state index in [-0.39, 0.29) is 0 Å². The predicted molar refractivity (Wildman–Crippen MR) is 192 cm³/mol. The van der Waals surface area contributed by atoms with Gasteiger partial charge >= 0.3 is 0 Å². The average molecular weight is 578 g/mol. The van der Waals surface area contributed by atoms with Crippen molar-refractivity contribution in [3.8, 4) is 11.1 Å². The van der Waals surface area contributed by atoms with Crippen LogP contribution < -0.4 is 4.90 Å². The molecule has 0 aliphatic heterocycles. The first-order valence-corrected chi connectivity index (χ1v) is 15.8. The van der Waals surface area contributed by atoms with Crippen molar-refractivity contribution in [1.82, 2.24) is 0 Å². The van der Waals surface area contributed by atoms with Crippen molar-refractivity contribution in [2.45, 2.75) is 0 Å². The molecule has 1 heterocycles. The molecular weight excluding hydrogens is 551 g/mol. The maximum atomic E-state index is 2.35. The second-order valence-corrected chi connectivity index (χ2v) is 12.4. The summed E-state index contributed by atoms with van der Waals surface area (Å²) in [5, 5.41) is 10.5. The molecule has 0 unspecified atom stereocenters. The SMILES string of the molecule is c1ccc(-c2ccc(N(c3ccccc3)c3ccc4c(ccc5ccc6c(ccc7sc8ccccc8c76)c54)c3)cc2)cc1. The Morgan fingerprint density at radius 3 is 1.77 bits per heavy atom. The number of hydrogen-bond acceptors (Lipinski definition) is 2. The Morgan fingerprint density at radius 2 is 0.932 bits per heavy atom. The minimum atomic E-state index is 1.13. The Balaban J connectivity index is 1.23. The van der Waals surface area contributed by atoms with Gasteiger partial charge in [-0.1, -0.05) is 115 Å². The van der Waals surface area contributed by atoms with Crippen LogP contribution in [0.1, 0.15) is 0 Å². The Kier molecular flexibility index (Phi) is 5.75. The third kappa shape index (κ3) is 4.00. The van der Waals surface area contributed by atoms with Crippen LogP contribution in [0, 0.1) is 0 Å². The summed E-state index contributed by atoms with van der Waals surface area (Å²) < 4.78 is 2.69. The van der Waals surface area contributed by atoms with Gasteiger partial charge in [-0.15, -0.1) is 11.3 Å². The van der Waals surface area contributed by atoms with E-state index in [0.29, 0.717) is 0 Å². The summed E-state index contributed by atoms with van der Waals surface area (Å²) in [5.74, 6) is 0. The minimum absolute atomic E-state index is 1.13. The Morgan fingerprint density at radius 1 is 0.341 bits per heavy atom. The van der Waals surface area contributed by atoms with Gasteiger partial charge in [-0.05, 0) is 92.0 Å². The first-order valence-electron chi connectivity index (χ1n) is 15.0. The van der Waals surface area contributed by atoms with E-state index in [1.165, 1.54) is 63.6 Å². The summed E-state index contributed by atoms with van der Waals surface area (Å²) in [7, 11) is 0. The fourth-order valence-corrected chi connectivity index (χ4v) is 7.90. The molecule has 206 valence electrons. The fraction of sp³-hybridized carbons (Fsp3) is 0. The van der Waals surface area contributed by atoms with Crippen LogP contribution in [0.3, 0.4) is 0 Å². The van der Waals surface area contributed by atoms with Crippen molar-refractivity contribution in [1.29, 1.82) is 0 Å². The van der Waals surface area contributed by atoms with E-state index in [1.807, 2.05) is 11.3 Å². The van der Waals surface area contributed by atoms with E-state index in [0.717, 1.165) is 17.1 Å². The molecule has 1 nitrogen and oxygen atoms in total. The highest BCUT2D eigenvalue weighted by Crippen LogP contribution is 2.43. The van der Waals surface area contributed by atoms with Gasteiger partial charge in [0.1, 0.15) is 0 Å². The standard InChI is InChI=1S/C42H27NS/c1-3-9-28(10-4-1)29-17-20-33(21-18-29)43(32-11-5-2-6-12-32)34-22-24-35-31(27-34)16-15-30-19-23-37-36(41(30)35)25-26-40-42(37)38-13-7-8-14-39(38)44-40/h1-27H. The molecule has 2 heteroatoms. The molecule has 1 aromatic heterocycles. The topological polar surface area (TPSA) is 3.24 Å². The molecule has 0 aliphatic carbocycles. The number of anilines is 3. The number of rotatable bonds is 4. The van der Waals surface area contributed by atoms with Crippen molar-refractivity contribution in [3.05, 3.63) is 164 Å². The second-order valence-electron chi connectivity index (χ2n) is 11.4. The van der Waals surface area contributed by atoms with E-state index >= 15 is 0 Å². The number of hydrogen-bond donors (Lipinski definition) is 0. The zero-order chi connectivity index (χ0) is 29.0. The van der Waals surface area contributed by atoms with E-state index in [4.69, 9.17) is 0 Å². The van der Waals surface area contributed by atoms with E-state index in [9.17, 15) is 0 Å². The van der Waals surface area contributed by atoms with Crippen LogP contribution in [-0.2, 0) is 0 Å². The van der Waals surface area contributed by atoms with Crippen LogP contribution in [0.4, 0.5) is 17.1 Å². The summed E-state index contributed by atoms with van der Waals surface area (Å²) >= 11 is 1.88. The summed E-state index contributed by atoms with van der Waals surface area (Å²) in [6, 6.07) is 59.6. The minimum Gasteiger partial charge on any atom is -0.310 e. The molecule has 0 spiro atoms. The van der Waals surface area contributed by atoms with Gasteiger partial charge in [-0.25, -0.2) is 0 Å². The molecule has 0 saturated carbocycles. The summed E-state index contributed by atoms with van der Waals surface area (Å²) in [4.78, 5) is 2.35. The molecule has 0 fully saturated rings. The zero-order valence-corrected chi connectivity index (χ0v) is 24.8. The highest BCUT2D eigenvalue weighted by Gasteiger charge is 2.16. The lowest BCUT2D eigenvalue weighted by Crippen LogP contribution is -2.09. The summed E-state index contributed by atoms with van der Waals surface area (Å²) in [6.45, 7) is 0. The van der Waals surface area contributed by atoms with Gasteiger partial charge in [0.25, 0.3) is 0 Å². The Hall–Kier alpha value is -5.44. The van der Waals surface area contributed by atoms with Gasteiger partial charge in [0.05, 0.1) is 0 Å². The monoisotopic (exact) mass is 577 g/mol. The maximum Gasteiger partial charge on any atom is 0.0468 e. The number of para-hydroxylation sites is 1. The normalized spacial score (nSPS) is 11.6. The second kappa shape index (κ2) is 10.1. The van der Waals surface area contributed by atoms with E-state index < -0.39 is 0 Å². The lowest BCUT2D eigenvalue weighted by molar-refractivity contribution is 1.29. The molecule has 0 amide bonds. The third-order valence-corrected chi connectivity index (χ3v) is 9.96. The fourth-order valence-electron chi connectivity index (χ4n) is 6.78. The van der Waals surface area contributed by atoms with Crippen molar-refractivity contribution in [2.24, 2.45) is 0 Å². The number of nitrogens with zero attached hydrogens (tertiary/aromatic N) is 1. The molecule has 8 aromatic carbocycles. The van der Waals surface area contributed by atoms with Crippen LogP contribution in [0.5, 0.6) is 0 Å². The highest BCUT2D eigenvalue weighted by molar-refractivity contribution is 7.26. The zero-order valence-electron chi connectivity index (χ0n) is 23.9.